The molecule has 0 aliphatic heterocycles. The molecular weight excluding hydrogens is 360 g/mol. The molecule has 1 heterocycles. The lowest BCUT2D eigenvalue weighted by atomic mass is 10.2. The van der Waals surface area contributed by atoms with Crippen LogP contribution in [0.2, 0.25) is 0 Å². The molecule has 150 valence electrons. The first-order valence-corrected chi connectivity index (χ1v) is 9.04. The van der Waals surface area contributed by atoms with Gasteiger partial charge < -0.3 is 29.7 Å². The lowest BCUT2D eigenvalue weighted by Gasteiger charge is -2.27. The van der Waals surface area contributed by atoms with E-state index in [1.807, 2.05) is 30.3 Å². The fourth-order valence-electron chi connectivity index (χ4n) is 3.24. The summed E-state index contributed by atoms with van der Waals surface area (Å²) in [7, 11) is 1.27. The van der Waals surface area contributed by atoms with Crippen LogP contribution in [0.25, 0.3) is 16.6 Å². The van der Waals surface area contributed by atoms with E-state index >= 15 is 0 Å². The Hall–Kier alpha value is -2.42. The zero-order valence-corrected chi connectivity index (χ0v) is 16.2. The zero-order chi connectivity index (χ0) is 20.5. The van der Waals surface area contributed by atoms with Crippen molar-refractivity contribution in [3.8, 4) is 11.4 Å². The van der Waals surface area contributed by atoms with Gasteiger partial charge in [-0.15, -0.1) is 0 Å². The van der Waals surface area contributed by atoms with Crippen LogP contribution < -0.4 is 4.74 Å². The van der Waals surface area contributed by atoms with Crippen molar-refractivity contribution in [3.05, 3.63) is 59.8 Å². The molecule has 1 atom stereocenters. The fraction of sp³-hybridized carbons (Fsp3) is 0.333. The molecule has 1 unspecified atom stereocenters. The molecule has 3 rings (SSSR count). The molecule has 0 radical (unpaired) electrons. The number of rotatable bonds is 7. The number of likely N-dealkylation sites (N-methyl/N-ethyl adjacent to an activating group) is 1. The van der Waals surface area contributed by atoms with Gasteiger partial charge in [0.05, 0.1) is 5.52 Å². The highest BCUT2D eigenvalue weighted by atomic mass is 16.7. The highest BCUT2D eigenvalue weighted by Crippen LogP contribution is 2.28. The maximum absolute atomic E-state index is 9.98. The monoisotopic (exact) mass is 386 g/mol. The standard InChI is InChI=1S/C21H26N2O5/c1-14-6-4-5-7-19(14)23-15(2)10-16-11-18(8-9-20(16)23)28-13-17(24)12-22(3)21(25,26)27/h4-11,17,24-27H,12-13H2,1-3H3. The summed E-state index contributed by atoms with van der Waals surface area (Å²) >= 11 is 0. The maximum atomic E-state index is 9.98. The van der Waals surface area contributed by atoms with Gasteiger partial charge in [0.2, 0.25) is 0 Å². The first-order chi connectivity index (χ1) is 13.2. The molecule has 2 aromatic carbocycles. The third-order valence-corrected chi connectivity index (χ3v) is 4.75. The number of benzene rings is 2. The molecule has 7 heteroatoms. The highest BCUT2D eigenvalue weighted by Gasteiger charge is 2.27. The van der Waals surface area contributed by atoms with E-state index < -0.39 is 12.2 Å². The van der Waals surface area contributed by atoms with Crippen molar-refractivity contribution in [3.63, 3.8) is 0 Å². The van der Waals surface area contributed by atoms with Crippen molar-refractivity contribution in [2.75, 3.05) is 20.2 Å². The Kier molecular flexibility index (Phi) is 5.74. The molecule has 0 aliphatic rings. The number of fused-ring (bicyclic) bond motifs is 1. The van der Waals surface area contributed by atoms with Crippen molar-refractivity contribution in [2.45, 2.75) is 26.0 Å². The van der Waals surface area contributed by atoms with Crippen LogP contribution in [0, 0.1) is 13.8 Å². The van der Waals surface area contributed by atoms with Crippen LogP contribution in [-0.2, 0) is 0 Å². The predicted molar refractivity (Wildman–Crippen MR) is 106 cm³/mol. The molecule has 0 bridgehead atoms. The van der Waals surface area contributed by atoms with Crippen LogP contribution in [-0.4, -0.2) is 62.3 Å². The van der Waals surface area contributed by atoms with Crippen molar-refractivity contribution in [1.29, 1.82) is 0 Å². The average Bonchev–Trinajstić information content (AvgIpc) is 2.94. The van der Waals surface area contributed by atoms with Gasteiger partial charge in [0.15, 0.2) is 0 Å². The Morgan fingerprint density at radius 3 is 2.46 bits per heavy atom. The Balaban J connectivity index is 1.76. The molecule has 0 saturated heterocycles. The number of para-hydroxylation sites is 1. The quantitative estimate of drug-likeness (QED) is 0.460. The number of aliphatic hydroxyl groups is 4. The lowest BCUT2D eigenvalue weighted by Crippen LogP contribution is -2.50. The Morgan fingerprint density at radius 1 is 1.07 bits per heavy atom. The van der Waals surface area contributed by atoms with Crippen LogP contribution in [0.5, 0.6) is 5.75 Å². The number of nitrogens with zero attached hydrogens (tertiary/aromatic N) is 2. The summed E-state index contributed by atoms with van der Waals surface area (Å²) in [5.74, 6) is 0.597. The number of aromatic nitrogens is 1. The Bertz CT molecular complexity index is 961. The fourth-order valence-corrected chi connectivity index (χ4v) is 3.24. The smallest absolute Gasteiger partial charge is 0.345 e. The molecule has 4 N–H and O–H groups in total. The molecular formula is C21H26N2O5. The number of ether oxygens (including phenoxy) is 1. The van der Waals surface area contributed by atoms with Crippen LogP contribution in [0.4, 0.5) is 0 Å². The van der Waals surface area contributed by atoms with Gasteiger partial charge in [0.25, 0.3) is 0 Å². The summed E-state index contributed by atoms with van der Waals surface area (Å²) in [6.07, 6.45) is -3.99. The minimum atomic E-state index is -2.98. The summed E-state index contributed by atoms with van der Waals surface area (Å²) in [6, 6.07) is 16.0. The second-order valence-corrected chi connectivity index (χ2v) is 7.07. The van der Waals surface area contributed by atoms with E-state index in [1.165, 1.54) is 12.6 Å². The largest absolute Gasteiger partial charge is 0.491 e. The molecule has 0 fully saturated rings. The van der Waals surface area contributed by atoms with Crippen molar-refractivity contribution < 1.29 is 25.2 Å². The van der Waals surface area contributed by atoms with E-state index in [-0.39, 0.29) is 13.2 Å². The molecule has 0 amide bonds. The van der Waals surface area contributed by atoms with Gasteiger partial charge in [0.1, 0.15) is 18.5 Å². The maximum Gasteiger partial charge on any atom is 0.345 e. The van der Waals surface area contributed by atoms with Crippen LogP contribution >= 0.6 is 0 Å². The van der Waals surface area contributed by atoms with E-state index in [0.29, 0.717) is 5.75 Å². The summed E-state index contributed by atoms with van der Waals surface area (Å²) in [4.78, 5) is 0.801. The third kappa shape index (κ3) is 4.35. The van der Waals surface area contributed by atoms with Crippen molar-refractivity contribution in [1.82, 2.24) is 9.47 Å². The van der Waals surface area contributed by atoms with Gasteiger partial charge in [-0.05, 0) is 56.8 Å². The normalized spacial score (nSPS) is 13.3. The lowest BCUT2D eigenvalue weighted by molar-refractivity contribution is -0.390. The van der Waals surface area contributed by atoms with Gasteiger partial charge in [-0.3, -0.25) is 0 Å². The van der Waals surface area contributed by atoms with Crippen LogP contribution in [0.15, 0.2) is 48.5 Å². The van der Waals surface area contributed by atoms with Crippen molar-refractivity contribution >= 4 is 10.9 Å². The highest BCUT2D eigenvalue weighted by molar-refractivity contribution is 5.85. The van der Waals surface area contributed by atoms with Gasteiger partial charge in [-0.1, -0.05) is 18.2 Å². The molecule has 0 aliphatic carbocycles. The summed E-state index contributed by atoms with van der Waals surface area (Å²) < 4.78 is 7.83. The topological polar surface area (TPSA) is 98.3 Å². The number of aryl methyl sites for hydroxylation is 2. The van der Waals surface area contributed by atoms with Gasteiger partial charge in [-0.25, -0.2) is 4.90 Å². The van der Waals surface area contributed by atoms with Crippen LogP contribution in [0.3, 0.4) is 0 Å². The minimum absolute atomic E-state index is 0.0522. The first kappa shape index (κ1) is 20.3. The summed E-state index contributed by atoms with van der Waals surface area (Å²) in [5, 5.41) is 38.2. The number of aliphatic hydroxyl groups excluding tert-OH is 1. The SMILES string of the molecule is Cc1ccccc1-n1c(C)cc2cc(OCC(O)CN(C)C(O)(O)O)ccc21. The Morgan fingerprint density at radius 2 is 1.79 bits per heavy atom. The average molecular weight is 386 g/mol. The summed E-state index contributed by atoms with van der Waals surface area (Å²) in [5.41, 5.74) is 4.48. The molecule has 1 aromatic heterocycles. The molecule has 28 heavy (non-hydrogen) atoms. The Labute approximate surface area is 163 Å². The third-order valence-electron chi connectivity index (χ3n) is 4.75. The van der Waals surface area contributed by atoms with Crippen molar-refractivity contribution in [2.24, 2.45) is 0 Å². The van der Waals surface area contributed by atoms with Crippen LogP contribution in [0.1, 0.15) is 11.3 Å². The van der Waals surface area contributed by atoms with Gasteiger partial charge in [0, 0.05) is 23.3 Å². The second-order valence-electron chi connectivity index (χ2n) is 7.07. The molecule has 7 nitrogen and oxygen atoms in total. The predicted octanol–water partition coefficient (Wildman–Crippen LogP) is 1.51. The molecule has 3 aromatic rings. The minimum Gasteiger partial charge on any atom is -0.491 e. The van der Waals surface area contributed by atoms with E-state index in [2.05, 4.69) is 36.6 Å². The number of hydrogen-bond acceptors (Lipinski definition) is 6. The second kappa shape index (κ2) is 7.90. The van der Waals surface area contributed by atoms with Gasteiger partial charge in [-0.2, -0.15) is 0 Å². The zero-order valence-electron chi connectivity index (χ0n) is 16.2. The van der Waals surface area contributed by atoms with E-state index in [0.717, 1.165) is 27.2 Å². The summed E-state index contributed by atoms with van der Waals surface area (Å²) in [6.45, 7) is 3.91. The molecule has 0 saturated carbocycles. The molecule has 0 spiro atoms. The number of hydrogen-bond donors (Lipinski definition) is 4. The van der Waals surface area contributed by atoms with E-state index in [1.54, 1.807) is 0 Å². The first-order valence-electron chi connectivity index (χ1n) is 9.04. The van der Waals surface area contributed by atoms with Gasteiger partial charge >= 0.3 is 6.10 Å². The van der Waals surface area contributed by atoms with E-state index in [4.69, 9.17) is 20.1 Å². The van der Waals surface area contributed by atoms with E-state index in [9.17, 15) is 5.11 Å².